The van der Waals surface area contributed by atoms with E-state index in [1.807, 2.05) is 44.3 Å². The van der Waals surface area contributed by atoms with Gasteiger partial charge in [-0.2, -0.15) is 10.2 Å². The molecule has 9 N–H and O–H groups in total. The van der Waals surface area contributed by atoms with Crippen molar-refractivity contribution in [3.8, 4) is 23.0 Å². The van der Waals surface area contributed by atoms with E-state index in [9.17, 15) is 61.0 Å². The second-order valence-corrected chi connectivity index (χ2v) is 37.5. The van der Waals surface area contributed by atoms with E-state index in [2.05, 4.69) is 83.6 Å². The number of aliphatic hydroxyl groups excluding tert-OH is 1. The number of nitrogens with zero attached hydrogens (tertiary/aromatic N) is 7. The largest absolute Gasteiger partial charge is 0.484 e. The van der Waals surface area contributed by atoms with E-state index >= 15 is 0 Å². The van der Waals surface area contributed by atoms with Gasteiger partial charge in [0.05, 0.1) is 38.6 Å². The van der Waals surface area contributed by atoms with Gasteiger partial charge in [0.15, 0.2) is 26.4 Å². The van der Waals surface area contributed by atoms with Crippen molar-refractivity contribution in [2.45, 2.75) is 234 Å². The van der Waals surface area contributed by atoms with Gasteiger partial charge in [-0.1, -0.05) is 72.9 Å². The zero-order chi connectivity index (χ0) is 92.2. The van der Waals surface area contributed by atoms with E-state index in [0.717, 1.165) is 114 Å². The fourth-order valence-corrected chi connectivity index (χ4v) is 20.8. The van der Waals surface area contributed by atoms with Gasteiger partial charge in [-0.3, -0.25) is 47.7 Å². The summed E-state index contributed by atoms with van der Waals surface area (Å²) in [5, 5.41) is 48.4. The molecule has 36 heteroatoms. The lowest BCUT2D eigenvalue weighted by Crippen LogP contribution is -2.70. The van der Waals surface area contributed by atoms with Crippen LogP contribution < -0.4 is 61.5 Å². The fraction of sp³-hybridized carbons (Fsp3) is 0.484. The van der Waals surface area contributed by atoms with Crippen molar-refractivity contribution in [1.82, 2.24) is 76.6 Å². The average molecular weight is 1840 g/mol. The van der Waals surface area contributed by atoms with Gasteiger partial charge in [0, 0.05) is 95.2 Å². The smallest absolute Gasteiger partial charge is 0.271 e. The number of halogens is 7. The minimum Gasteiger partial charge on any atom is -0.484 e. The number of benzene rings is 4. The van der Waals surface area contributed by atoms with Crippen LogP contribution in [0.15, 0.2) is 132 Å². The lowest BCUT2D eigenvalue weighted by Gasteiger charge is -2.57. The van der Waals surface area contributed by atoms with E-state index in [1.165, 1.54) is 54.7 Å². The second kappa shape index (κ2) is 38.4. The van der Waals surface area contributed by atoms with Crippen molar-refractivity contribution >= 4 is 87.7 Å². The number of hydrogen-bond donors (Lipinski definition) is 9. The molecule has 129 heavy (non-hydrogen) atoms. The van der Waals surface area contributed by atoms with E-state index in [4.69, 9.17) is 58.3 Å². The van der Waals surface area contributed by atoms with Crippen LogP contribution in [-0.4, -0.2) is 163 Å². The summed E-state index contributed by atoms with van der Waals surface area (Å²) in [5.41, 5.74) is 0.853. The topological polar surface area (TPSA) is 369 Å². The number of aliphatic hydroxyl groups is 1. The molecule has 8 bridgehead atoms. The van der Waals surface area contributed by atoms with Gasteiger partial charge in [0.2, 0.25) is 0 Å². The van der Waals surface area contributed by atoms with Crippen molar-refractivity contribution < 1.29 is 84.5 Å². The number of aryl methyl sites for hydroxylation is 5. The molecule has 0 aliphatic heterocycles. The number of aromatic nitrogens is 7. The Hall–Kier alpha value is -11.3. The van der Waals surface area contributed by atoms with Crippen LogP contribution in [-0.2, 0) is 32.8 Å². The molecular weight excluding hydrogens is 1730 g/mol. The van der Waals surface area contributed by atoms with Gasteiger partial charge in [-0.25, -0.2) is 22.5 Å². The predicted molar refractivity (Wildman–Crippen MR) is 470 cm³/mol. The van der Waals surface area contributed by atoms with Crippen molar-refractivity contribution in [2.75, 3.05) is 26.4 Å². The average Bonchev–Trinajstić information content (AvgIpc) is 1.08. The van der Waals surface area contributed by atoms with Crippen LogP contribution in [0.3, 0.4) is 0 Å². The zero-order valence-corrected chi connectivity index (χ0v) is 75.4. The lowest BCUT2D eigenvalue weighted by atomic mass is 9.56. The summed E-state index contributed by atoms with van der Waals surface area (Å²) < 4.78 is 86.2. The molecule has 4 aromatic carbocycles. The van der Waals surface area contributed by atoms with Crippen LogP contribution in [0, 0.1) is 61.8 Å². The maximum absolute atomic E-state index is 13.7. The van der Waals surface area contributed by atoms with Gasteiger partial charge in [-0.05, 0) is 246 Å². The van der Waals surface area contributed by atoms with Crippen LogP contribution in [0.2, 0.25) is 15.1 Å². The molecule has 0 saturated heterocycles. The van der Waals surface area contributed by atoms with Gasteiger partial charge < -0.3 is 75.5 Å². The van der Waals surface area contributed by atoms with Crippen LogP contribution in [0.25, 0.3) is 5.65 Å². The first kappa shape index (κ1) is 93.8. The molecule has 4 unspecified atom stereocenters. The molecule has 12 fully saturated rings. The summed E-state index contributed by atoms with van der Waals surface area (Å²) in [6.07, 6.45) is 20.2. The maximum atomic E-state index is 13.7. The monoisotopic (exact) mass is 1840 g/mol. The van der Waals surface area contributed by atoms with Crippen LogP contribution in [0.5, 0.6) is 23.0 Å². The standard InChI is InChI=1S/C25H27FN4O4.C24H30ClFN4O3.C22H26ClFN4O3.C22H25ClFN3O4/c1-16-5-6-17(12-18(16)26)34-15-22(32)28-25-9-7-24(8-10-25,13-20(25)31)29-23(33)19-14-30-11-3-2-4-21(30)27-19;1-4-30-20(11-16(3)29-30)22(32)28-23-7-9-24(10-8-23,15(2)13-23)27-21(31)14-33-17-5-6-18(25)19(26)12-17;1-14-12-21(27-20(30)18-5-10-25-28(18)2)6-8-22(14,9-7-21)26-19(29)13-31-15-3-4-16(23)17(24)11-15;1-13-10-21(27-20(29)16-11-25-31-14(16)2)5-7-22(13,8-6-21)26-19(28)12-30-15-3-4-17(23)18(24)9-15/h2-6,11-12,14,20,31H,7-10,13,15H2,1H3,(H,28,32)(H,29,33);5-6,11-12,15H,4,7-10,13-14H2,1-3H3,(H,27,31)(H,28,32);3-5,10-11,14H,6-9,12-13H2,1-2H3,(H,26,29)(H,27,30);3-4,9,11,13H,5-8,10,12H2,1-2H3,(H,26,28)(H,27,29). The quantitative estimate of drug-likeness (QED) is 0.0240. The molecule has 5 heterocycles. The molecule has 688 valence electrons. The minimum absolute atomic E-state index is 0.00342. The molecule has 12 aliphatic rings. The highest BCUT2D eigenvalue weighted by Gasteiger charge is 2.59. The van der Waals surface area contributed by atoms with Crippen molar-refractivity contribution in [3.63, 3.8) is 0 Å². The predicted octanol–water partition coefficient (Wildman–Crippen LogP) is 13.6. The summed E-state index contributed by atoms with van der Waals surface area (Å²) in [4.78, 5) is 106. The highest BCUT2D eigenvalue weighted by atomic mass is 35.5. The molecule has 12 aliphatic carbocycles. The summed E-state index contributed by atoms with van der Waals surface area (Å²) in [7, 11) is 1.75. The van der Waals surface area contributed by atoms with Crippen molar-refractivity contribution in [1.29, 1.82) is 0 Å². The third-order valence-corrected chi connectivity index (χ3v) is 28.9. The Morgan fingerprint density at radius 3 is 1.26 bits per heavy atom. The summed E-state index contributed by atoms with van der Waals surface area (Å²) in [5.74, 6) is -1.81. The normalized spacial score (nSPS) is 26.5. The zero-order valence-electron chi connectivity index (χ0n) is 73.1. The molecule has 12 saturated carbocycles. The number of amides is 8. The highest BCUT2D eigenvalue weighted by Crippen LogP contribution is 2.54. The van der Waals surface area contributed by atoms with E-state index in [1.54, 1.807) is 65.3 Å². The Kier molecular flexibility index (Phi) is 27.9. The Labute approximate surface area is 758 Å². The van der Waals surface area contributed by atoms with Crippen LogP contribution in [0.1, 0.15) is 215 Å². The Morgan fingerprint density at radius 2 is 0.876 bits per heavy atom. The summed E-state index contributed by atoms with van der Waals surface area (Å²) >= 11 is 17.0. The Morgan fingerprint density at radius 1 is 0.481 bits per heavy atom. The number of carbonyl (C=O) groups excluding carboxylic acids is 8. The number of rotatable bonds is 25. The first-order chi connectivity index (χ1) is 61.4. The van der Waals surface area contributed by atoms with Gasteiger partial charge in [0.1, 0.15) is 80.3 Å². The van der Waals surface area contributed by atoms with Crippen LogP contribution in [0.4, 0.5) is 17.6 Å². The van der Waals surface area contributed by atoms with Gasteiger partial charge in [0.25, 0.3) is 47.3 Å². The van der Waals surface area contributed by atoms with Crippen LogP contribution >= 0.6 is 34.8 Å². The second-order valence-electron chi connectivity index (χ2n) is 36.3. The number of pyridine rings is 1. The molecule has 0 radical (unpaired) electrons. The number of ether oxygens (including phenoxy) is 4. The molecule has 21 rings (SSSR count). The third-order valence-electron chi connectivity index (χ3n) is 28.0. The minimum atomic E-state index is -0.808. The summed E-state index contributed by atoms with van der Waals surface area (Å²) in [6.45, 7) is 13.3. The number of carbonyl (C=O) groups is 8. The molecule has 9 aromatic rings. The van der Waals surface area contributed by atoms with Gasteiger partial charge >= 0.3 is 0 Å². The molecule has 29 nitrogen and oxygen atoms in total. The van der Waals surface area contributed by atoms with Crippen molar-refractivity contribution in [2.24, 2.45) is 24.8 Å². The lowest BCUT2D eigenvalue weighted by molar-refractivity contribution is -0.132. The number of nitrogens with one attached hydrogen (secondary N) is 8. The molecule has 8 amide bonds. The number of fused-ring (bicyclic) bond motifs is 13. The molecule has 5 aromatic heterocycles. The third kappa shape index (κ3) is 21.1. The van der Waals surface area contributed by atoms with E-state index in [0.29, 0.717) is 78.3 Å². The first-order valence-electron chi connectivity index (χ1n) is 43.6. The molecule has 4 atom stereocenters. The Balaban J connectivity index is 0.000000139. The Bertz CT molecular complexity index is 5480. The van der Waals surface area contributed by atoms with Crippen molar-refractivity contribution in [3.05, 3.63) is 206 Å². The maximum Gasteiger partial charge on any atom is 0.271 e. The first-order valence-corrected chi connectivity index (χ1v) is 44.7. The van der Waals surface area contributed by atoms with Gasteiger partial charge in [-0.15, -0.1) is 0 Å². The highest BCUT2D eigenvalue weighted by molar-refractivity contribution is 6.31. The SMILES string of the molecule is CC1CC2(NC(=O)c3ccnn3C)CCC1(NC(=O)COc1ccc(Cl)c(F)c1)CC2.CCn1nc(C)cc1C(=O)NC12CCC(NC(=O)COc3ccc(Cl)c(F)c3)(CC1)C(C)C2.Cc1ccc(OCC(=O)NC23CCC(NC(=O)c4cn5ccccc5n4)(CC2)CC3O)cc1F.Cc1oncc1C(=O)NC12CCC(NC(=O)COc3ccc(Cl)c(F)c3)(CC1)C(C)C2. The summed E-state index contributed by atoms with van der Waals surface area (Å²) in [6, 6.07) is 25.8. The fourth-order valence-electron chi connectivity index (χ4n) is 20.5. The molecule has 0 spiro atoms. The van der Waals surface area contributed by atoms with E-state index < -0.39 is 40.5 Å². The molecular formula is C93H108Cl3F4N15O14. The number of imidazole rings is 1. The van der Waals surface area contributed by atoms with E-state index in [-0.39, 0.29) is 163 Å². The number of hydrogen-bond acceptors (Lipinski definition) is 18.